The van der Waals surface area contributed by atoms with Gasteiger partial charge in [0.05, 0.1) is 11.6 Å². The number of hydrazine groups is 1. The van der Waals surface area contributed by atoms with Crippen LogP contribution >= 0.6 is 11.6 Å². The van der Waals surface area contributed by atoms with Gasteiger partial charge in [0.2, 0.25) is 5.91 Å². The Morgan fingerprint density at radius 3 is 2.65 bits per heavy atom. The van der Waals surface area contributed by atoms with Crippen molar-refractivity contribution in [1.82, 2.24) is 15.4 Å². The van der Waals surface area contributed by atoms with Crippen LogP contribution in [0.5, 0.6) is 0 Å². The zero-order valence-electron chi connectivity index (χ0n) is 18.9. The number of nitrogens with one attached hydrogen (secondary N) is 2. The maximum absolute atomic E-state index is 13.7. The molecule has 0 radical (unpaired) electrons. The molecule has 8 nitrogen and oxygen atoms in total. The van der Waals surface area contributed by atoms with E-state index in [0.717, 1.165) is 10.8 Å². The van der Waals surface area contributed by atoms with Gasteiger partial charge in [-0.05, 0) is 30.0 Å². The van der Waals surface area contributed by atoms with Crippen molar-refractivity contribution in [3.05, 3.63) is 71.1 Å². The topological polar surface area (TPSA) is 92.8 Å². The van der Waals surface area contributed by atoms with Gasteiger partial charge in [0.15, 0.2) is 0 Å². The van der Waals surface area contributed by atoms with Crippen molar-refractivity contribution in [2.45, 2.75) is 26.4 Å². The van der Waals surface area contributed by atoms with Crippen LogP contribution in [0.1, 0.15) is 19.4 Å². The van der Waals surface area contributed by atoms with E-state index in [4.69, 9.17) is 21.1 Å². The summed E-state index contributed by atoms with van der Waals surface area (Å²) in [7, 11) is 0. The summed E-state index contributed by atoms with van der Waals surface area (Å²) in [5.41, 5.74) is 3.41. The average molecular weight is 489 g/mol. The zero-order valence-corrected chi connectivity index (χ0v) is 19.6. The first kappa shape index (κ1) is 25.4. The number of hydrogen-bond acceptors (Lipinski definition) is 6. The summed E-state index contributed by atoms with van der Waals surface area (Å²) in [6.07, 6.45) is 0.933. The van der Waals surface area contributed by atoms with E-state index < -0.39 is 18.0 Å². The molecule has 0 bridgehead atoms. The Kier molecular flexibility index (Phi) is 9.15. The Labute approximate surface area is 202 Å². The highest BCUT2D eigenvalue weighted by molar-refractivity contribution is 6.31. The second-order valence-corrected chi connectivity index (χ2v) is 7.77. The van der Waals surface area contributed by atoms with Crippen molar-refractivity contribution in [3.8, 4) is 0 Å². The van der Waals surface area contributed by atoms with Crippen LogP contribution in [-0.4, -0.2) is 47.9 Å². The molecule has 0 fully saturated rings. The fourth-order valence-corrected chi connectivity index (χ4v) is 3.46. The minimum atomic E-state index is -0.721. The Balaban J connectivity index is 1.64. The second-order valence-electron chi connectivity index (χ2n) is 7.39. The normalized spacial score (nSPS) is 11.8. The fraction of sp³-hybridized carbons (Fsp3) is 0.292. The van der Waals surface area contributed by atoms with Gasteiger partial charge in [-0.25, -0.2) is 19.6 Å². The fourth-order valence-electron chi connectivity index (χ4n) is 3.27. The zero-order chi connectivity index (χ0) is 24.5. The van der Waals surface area contributed by atoms with Crippen molar-refractivity contribution in [1.29, 1.82) is 0 Å². The smallest absolute Gasteiger partial charge is 0.412 e. The minimum absolute atomic E-state index is 0.0293. The molecule has 34 heavy (non-hydrogen) atoms. The van der Waals surface area contributed by atoms with Crippen LogP contribution in [0.3, 0.4) is 0 Å². The van der Waals surface area contributed by atoms with Crippen LogP contribution in [-0.2, 0) is 20.8 Å². The van der Waals surface area contributed by atoms with Gasteiger partial charge in [-0.15, -0.1) is 0 Å². The average Bonchev–Trinajstić information content (AvgIpc) is 2.82. The van der Waals surface area contributed by atoms with Crippen molar-refractivity contribution in [3.63, 3.8) is 0 Å². The number of halogens is 2. The van der Waals surface area contributed by atoms with Crippen molar-refractivity contribution < 1.29 is 23.5 Å². The second kappa shape index (κ2) is 12.3. The maximum atomic E-state index is 13.7. The molecule has 180 valence electrons. The lowest BCUT2D eigenvalue weighted by molar-refractivity contribution is -0.138. The van der Waals surface area contributed by atoms with Gasteiger partial charge in [0.1, 0.15) is 24.3 Å². The molecule has 0 aliphatic heterocycles. The van der Waals surface area contributed by atoms with E-state index >= 15 is 0 Å². The molecule has 2 amide bonds. The molecular formula is C24H26ClFN4O4. The summed E-state index contributed by atoms with van der Waals surface area (Å²) >= 11 is 6.01. The van der Waals surface area contributed by atoms with Crippen molar-refractivity contribution >= 4 is 40.2 Å². The molecule has 10 heteroatoms. The number of fused-ring (bicyclic) bond motifs is 1. The summed E-state index contributed by atoms with van der Waals surface area (Å²) in [6.45, 7) is 3.63. The lowest BCUT2D eigenvalue weighted by Gasteiger charge is -2.31. The first-order valence-corrected chi connectivity index (χ1v) is 11.1. The molecule has 2 aromatic carbocycles. The summed E-state index contributed by atoms with van der Waals surface area (Å²) in [6, 6.07) is 13.2. The molecule has 0 unspecified atom stereocenters. The van der Waals surface area contributed by atoms with Crippen LogP contribution in [0.25, 0.3) is 10.8 Å². The number of pyridine rings is 1. The highest BCUT2D eigenvalue weighted by atomic mass is 35.5. The van der Waals surface area contributed by atoms with E-state index in [2.05, 4.69) is 15.7 Å². The third kappa shape index (κ3) is 6.86. The van der Waals surface area contributed by atoms with Gasteiger partial charge in [-0.1, -0.05) is 48.0 Å². The van der Waals surface area contributed by atoms with Gasteiger partial charge in [0, 0.05) is 31.7 Å². The highest BCUT2D eigenvalue weighted by Crippen LogP contribution is 2.20. The standard InChI is InChI=1S/C24H26ClFN4O4/c1-3-33-14-20(30(16(2)31)28-13-19-9-6-10-21(26)23(19)25)15-34-24(32)29-22-11-17-7-4-5-8-18(17)12-27-22/h4-12,20,28H,3,13-15H2,1-2H3,(H,27,29,32)/t20-/m0/s1. The summed E-state index contributed by atoms with van der Waals surface area (Å²) in [5, 5.41) is 5.72. The lowest BCUT2D eigenvalue weighted by Crippen LogP contribution is -2.52. The van der Waals surface area contributed by atoms with Crippen LogP contribution < -0.4 is 10.7 Å². The number of anilines is 1. The van der Waals surface area contributed by atoms with Gasteiger partial charge in [-0.3, -0.25) is 15.1 Å². The van der Waals surface area contributed by atoms with Gasteiger partial charge < -0.3 is 9.47 Å². The first-order chi connectivity index (χ1) is 16.4. The molecular weight excluding hydrogens is 463 g/mol. The van der Waals surface area contributed by atoms with Gasteiger partial charge in [0.25, 0.3) is 0 Å². The van der Waals surface area contributed by atoms with Crippen molar-refractivity contribution in [2.24, 2.45) is 0 Å². The Bertz CT molecular complexity index is 1150. The van der Waals surface area contributed by atoms with E-state index in [1.807, 2.05) is 31.2 Å². The molecule has 1 atom stereocenters. The number of benzene rings is 2. The van der Waals surface area contributed by atoms with E-state index in [9.17, 15) is 14.0 Å². The maximum Gasteiger partial charge on any atom is 0.412 e. The number of aromatic nitrogens is 1. The van der Waals surface area contributed by atoms with E-state index in [1.54, 1.807) is 18.3 Å². The molecule has 1 heterocycles. The lowest BCUT2D eigenvalue weighted by atomic mass is 10.2. The minimum Gasteiger partial charge on any atom is -0.447 e. The number of carbonyl (C=O) groups excluding carboxylic acids is 2. The molecule has 1 aromatic heterocycles. The van der Waals surface area contributed by atoms with E-state index in [1.165, 1.54) is 24.1 Å². The highest BCUT2D eigenvalue weighted by Gasteiger charge is 2.24. The van der Waals surface area contributed by atoms with Crippen LogP contribution in [0.4, 0.5) is 15.0 Å². The Morgan fingerprint density at radius 1 is 1.15 bits per heavy atom. The van der Waals surface area contributed by atoms with Crippen LogP contribution in [0.15, 0.2) is 54.7 Å². The first-order valence-electron chi connectivity index (χ1n) is 10.7. The Hall–Kier alpha value is -3.27. The number of ether oxygens (including phenoxy) is 2. The van der Waals surface area contributed by atoms with E-state index in [0.29, 0.717) is 18.0 Å². The Morgan fingerprint density at radius 2 is 1.91 bits per heavy atom. The van der Waals surface area contributed by atoms with Gasteiger partial charge in [-0.2, -0.15) is 0 Å². The number of rotatable bonds is 10. The summed E-state index contributed by atoms with van der Waals surface area (Å²) in [4.78, 5) is 28.9. The predicted octanol–water partition coefficient (Wildman–Crippen LogP) is 4.53. The van der Waals surface area contributed by atoms with Crippen molar-refractivity contribution in [2.75, 3.05) is 25.1 Å². The number of nitrogens with zero attached hydrogens (tertiary/aromatic N) is 2. The molecule has 3 aromatic rings. The third-order valence-corrected chi connectivity index (χ3v) is 5.38. The largest absolute Gasteiger partial charge is 0.447 e. The molecule has 0 saturated carbocycles. The number of carbonyl (C=O) groups is 2. The molecule has 0 aliphatic carbocycles. The SMILES string of the molecule is CCOC[C@@H](COC(=O)Nc1cc2ccccc2cn1)N(NCc1cccc(F)c1Cl)C(C)=O. The molecule has 3 rings (SSSR count). The molecule has 2 N–H and O–H groups in total. The summed E-state index contributed by atoms with van der Waals surface area (Å²) in [5.74, 6) is -0.548. The molecule has 0 aliphatic rings. The number of amides is 2. The van der Waals surface area contributed by atoms with E-state index in [-0.39, 0.29) is 30.7 Å². The quantitative estimate of drug-likeness (QED) is 0.407. The molecule has 0 saturated heterocycles. The monoisotopic (exact) mass is 488 g/mol. The van der Waals surface area contributed by atoms with Gasteiger partial charge >= 0.3 is 6.09 Å². The predicted molar refractivity (Wildman–Crippen MR) is 128 cm³/mol. The summed E-state index contributed by atoms with van der Waals surface area (Å²) < 4.78 is 24.6. The van der Waals surface area contributed by atoms with Crippen LogP contribution in [0, 0.1) is 5.82 Å². The third-order valence-electron chi connectivity index (χ3n) is 4.96. The van der Waals surface area contributed by atoms with Crippen LogP contribution in [0.2, 0.25) is 5.02 Å². The molecule has 0 spiro atoms. The number of hydrogen-bond donors (Lipinski definition) is 2.